The molecule has 3 amide bonds. The van der Waals surface area contributed by atoms with E-state index in [1.165, 1.54) is 30.5 Å². The monoisotopic (exact) mass is 382 g/mol. The average Bonchev–Trinajstić information content (AvgIpc) is 3.03. The highest BCUT2D eigenvalue weighted by molar-refractivity contribution is 6.22. The maximum absolute atomic E-state index is 13.1. The van der Waals surface area contributed by atoms with Gasteiger partial charge in [0, 0.05) is 38.6 Å². The first-order valence-corrected chi connectivity index (χ1v) is 9.10. The van der Waals surface area contributed by atoms with Gasteiger partial charge in [-0.15, -0.1) is 0 Å². The molecule has 2 aliphatic rings. The van der Waals surface area contributed by atoms with Crippen molar-refractivity contribution in [2.75, 3.05) is 31.1 Å². The molecule has 28 heavy (non-hydrogen) atoms. The quantitative estimate of drug-likeness (QED) is 0.749. The number of amides is 3. The van der Waals surface area contributed by atoms with Crippen molar-refractivity contribution < 1.29 is 18.8 Å². The Morgan fingerprint density at radius 2 is 1.75 bits per heavy atom. The summed E-state index contributed by atoms with van der Waals surface area (Å²) in [7, 11) is 0. The SMILES string of the molecule is O=C(c1cccnc1)N1CCN(C2CC(=O)N(c3ccc(F)cc3)C2=O)CC1. The number of nitrogens with zero attached hydrogens (tertiary/aromatic N) is 4. The summed E-state index contributed by atoms with van der Waals surface area (Å²) in [5.74, 6) is -1.11. The third-order valence-electron chi connectivity index (χ3n) is 5.16. The van der Waals surface area contributed by atoms with Gasteiger partial charge in [-0.1, -0.05) is 0 Å². The van der Waals surface area contributed by atoms with Gasteiger partial charge in [0.15, 0.2) is 0 Å². The van der Waals surface area contributed by atoms with Crippen LogP contribution in [0.15, 0.2) is 48.8 Å². The number of pyridine rings is 1. The predicted octanol–water partition coefficient (Wildman–Crippen LogP) is 1.31. The molecule has 3 heterocycles. The highest BCUT2D eigenvalue weighted by atomic mass is 19.1. The molecular formula is C20H19FN4O3. The van der Waals surface area contributed by atoms with Gasteiger partial charge in [0.25, 0.3) is 11.8 Å². The van der Waals surface area contributed by atoms with E-state index in [-0.39, 0.29) is 24.1 Å². The van der Waals surface area contributed by atoms with E-state index in [1.807, 2.05) is 4.90 Å². The van der Waals surface area contributed by atoms with Crippen LogP contribution in [0.3, 0.4) is 0 Å². The number of piperazine rings is 1. The smallest absolute Gasteiger partial charge is 0.255 e. The van der Waals surface area contributed by atoms with Crippen molar-refractivity contribution in [2.45, 2.75) is 12.5 Å². The Hall–Kier alpha value is -3.13. The molecule has 144 valence electrons. The average molecular weight is 382 g/mol. The van der Waals surface area contributed by atoms with Crippen LogP contribution in [0.2, 0.25) is 0 Å². The van der Waals surface area contributed by atoms with Gasteiger partial charge < -0.3 is 4.90 Å². The molecule has 0 N–H and O–H groups in total. The third kappa shape index (κ3) is 3.38. The molecule has 7 nitrogen and oxygen atoms in total. The zero-order chi connectivity index (χ0) is 19.7. The maximum Gasteiger partial charge on any atom is 0.255 e. The van der Waals surface area contributed by atoms with E-state index >= 15 is 0 Å². The van der Waals surface area contributed by atoms with Crippen LogP contribution in [0.25, 0.3) is 0 Å². The van der Waals surface area contributed by atoms with Gasteiger partial charge in [-0.25, -0.2) is 9.29 Å². The van der Waals surface area contributed by atoms with Crippen LogP contribution in [0, 0.1) is 5.82 Å². The molecular weight excluding hydrogens is 363 g/mol. The fourth-order valence-electron chi connectivity index (χ4n) is 3.67. The first-order chi connectivity index (χ1) is 13.5. The van der Waals surface area contributed by atoms with Gasteiger partial charge in [0.05, 0.1) is 23.7 Å². The molecule has 1 aromatic heterocycles. The molecule has 4 rings (SSSR count). The Balaban J connectivity index is 1.41. The number of imide groups is 1. The lowest BCUT2D eigenvalue weighted by molar-refractivity contribution is -0.123. The normalized spacial score (nSPS) is 20.7. The lowest BCUT2D eigenvalue weighted by Crippen LogP contribution is -2.53. The second-order valence-corrected chi connectivity index (χ2v) is 6.83. The summed E-state index contributed by atoms with van der Waals surface area (Å²) in [4.78, 5) is 46.5. The summed E-state index contributed by atoms with van der Waals surface area (Å²) in [6.45, 7) is 1.96. The van der Waals surface area contributed by atoms with Gasteiger partial charge in [0.2, 0.25) is 5.91 Å². The van der Waals surface area contributed by atoms with Crippen molar-refractivity contribution in [1.82, 2.24) is 14.8 Å². The van der Waals surface area contributed by atoms with Crippen LogP contribution in [-0.2, 0) is 9.59 Å². The van der Waals surface area contributed by atoms with E-state index in [9.17, 15) is 18.8 Å². The number of anilines is 1. The Bertz CT molecular complexity index is 895. The number of benzene rings is 1. The molecule has 2 aliphatic heterocycles. The van der Waals surface area contributed by atoms with E-state index in [0.717, 1.165) is 4.90 Å². The highest BCUT2D eigenvalue weighted by Crippen LogP contribution is 2.26. The van der Waals surface area contributed by atoms with Gasteiger partial charge in [-0.2, -0.15) is 0 Å². The van der Waals surface area contributed by atoms with E-state index in [2.05, 4.69) is 4.98 Å². The number of rotatable bonds is 3. The van der Waals surface area contributed by atoms with Crippen LogP contribution in [-0.4, -0.2) is 64.7 Å². The topological polar surface area (TPSA) is 73.8 Å². The number of aromatic nitrogens is 1. The van der Waals surface area contributed by atoms with Crippen LogP contribution in [0.5, 0.6) is 0 Å². The molecule has 8 heteroatoms. The first kappa shape index (κ1) is 18.2. The van der Waals surface area contributed by atoms with Crippen molar-refractivity contribution >= 4 is 23.4 Å². The maximum atomic E-state index is 13.1. The Kier molecular flexibility index (Phi) is 4.87. The summed E-state index contributed by atoms with van der Waals surface area (Å²) in [6, 6.07) is 8.21. The molecule has 0 bridgehead atoms. The molecule has 2 aromatic rings. The molecule has 0 aliphatic carbocycles. The zero-order valence-electron chi connectivity index (χ0n) is 15.1. The molecule has 0 saturated carbocycles. The number of hydrogen-bond donors (Lipinski definition) is 0. The predicted molar refractivity (Wildman–Crippen MR) is 99.0 cm³/mol. The second kappa shape index (κ2) is 7.47. The van der Waals surface area contributed by atoms with Crippen molar-refractivity contribution in [3.63, 3.8) is 0 Å². The largest absolute Gasteiger partial charge is 0.336 e. The summed E-state index contributed by atoms with van der Waals surface area (Å²) in [5.41, 5.74) is 0.912. The van der Waals surface area contributed by atoms with E-state index in [0.29, 0.717) is 37.4 Å². The van der Waals surface area contributed by atoms with Gasteiger partial charge >= 0.3 is 0 Å². The summed E-state index contributed by atoms with van der Waals surface area (Å²) >= 11 is 0. The lowest BCUT2D eigenvalue weighted by Gasteiger charge is -2.37. The Morgan fingerprint density at radius 3 is 2.39 bits per heavy atom. The van der Waals surface area contributed by atoms with Crippen LogP contribution >= 0.6 is 0 Å². The number of carbonyl (C=O) groups excluding carboxylic acids is 3. The Labute approximate surface area is 161 Å². The second-order valence-electron chi connectivity index (χ2n) is 6.83. The number of hydrogen-bond acceptors (Lipinski definition) is 5. The van der Waals surface area contributed by atoms with Crippen molar-refractivity contribution in [3.8, 4) is 0 Å². The van der Waals surface area contributed by atoms with Crippen molar-refractivity contribution in [1.29, 1.82) is 0 Å². The number of carbonyl (C=O) groups is 3. The molecule has 1 unspecified atom stereocenters. The highest BCUT2D eigenvalue weighted by Gasteiger charge is 2.43. The van der Waals surface area contributed by atoms with E-state index < -0.39 is 11.9 Å². The first-order valence-electron chi connectivity index (χ1n) is 9.10. The van der Waals surface area contributed by atoms with Crippen LogP contribution in [0.1, 0.15) is 16.8 Å². The zero-order valence-corrected chi connectivity index (χ0v) is 15.1. The minimum absolute atomic E-state index is 0.0884. The van der Waals surface area contributed by atoms with Gasteiger partial charge in [-0.3, -0.25) is 24.3 Å². The Morgan fingerprint density at radius 1 is 1.04 bits per heavy atom. The van der Waals surface area contributed by atoms with Crippen LogP contribution in [0.4, 0.5) is 10.1 Å². The molecule has 1 aromatic carbocycles. The summed E-state index contributed by atoms with van der Waals surface area (Å²) in [6.07, 6.45) is 3.24. The lowest BCUT2D eigenvalue weighted by atomic mass is 10.1. The van der Waals surface area contributed by atoms with E-state index in [4.69, 9.17) is 0 Å². The summed E-state index contributed by atoms with van der Waals surface area (Å²) in [5, 5.41) is 0. The fourth-order valence-corrected chi connectivity index (χ4v) is 3.67. The molecule has 0 radical (unpaired) electrons. The molecule has 1 atom stereocenters. The van der Waals surface area contributed by atoms with E-state index in [1.54, 1.807) is 23.2 Å². The van der Waals surface area contributed by atoms with Crippen molar-refractivity contribution in [2.24, 2.45) is 0 Å². The van der Waals surface area contributed by atoms with Crippen LogP contribution < -0.4 is 4.90 Å². The van der Waals surface area contributed by atoms with Gasteiger partial charge in [-0.05, 0) is 36.4 Å². The third-order valence-corrected chi connectivity index (χ3v) is 5.16. The fraction of sp³-hybridized carbons (Fsp3) is 0.300. The molecule has 0 spiro atoms. The molecule has 2 saturated heterocycles. The number of halogens is 1. The standard InChI is InChI=1S/C20H19FN4O3/c21-15-3-5-16(6-4-15)25-18(26)12-17(20(25)28)23-8-10-24(11-9-23)19(27)14-2-1-7-22-13-14/h1-7,13,17H,8-12H2. The summed E-state index contributed by atoms with van der Waals surface area (Å²) < 4.78 is 13.1. The minimum Gasteiger partial charge on any atom is -0.336 e. The molecule has 2 fully saturated rings. The minimum atomic E-state index is -0.548. The van der Waals surface area contributed by atoms with Crippen molar-refractivity contribution in [3.05, 3.63) is 60.2 Å². The van der Waals surface area contributed by atoms with Gasteiger partial charge in [0.1, 0.15) is 5.82 Å².